The van der Waals surface area contributed by atoms with Crippen molar-refractivity contribution in [2.24, 2.45) is 0 Å². The molecule has 0 fully saturated rings. The summed E-state index contributed by atoms with van der Waals surface area (Å²) in [6.07, 6.45) is 1.15. The lowest BCUT2D eigenvalue weighted by Crippen LogP contribution is -2.04. The Hall–Kier alpha value is -2.42. The molecule has 2 aromatic rings. The zero-order valence-electron chi connectivity index (χ0n) is 10.2. The first-order valence-corrected chi connectivity index (χ1v) is 6.25. The molecule has 1 aromatic carbocycles. The maximum atomic E-state index is 13.4. The van der Waals surface area contributed by atoms with Crippen LogP contribution < -0.4 is 4.74 Å². The summed E-state index contributed by atoms with van der Waals surface area (Å²) in [6.45, 7) is -0.378. The molecule has 1 aromatic heterocycles. The van der Waals surface area contributed by atoms with Gasteiger partial charge in [-0.05, 0) is 22.0 Å². The normalized spacial score (nSPS) is 10.4. The molecule has 110 valence electrons. The van der Waals surface area contributed by atoms with Gasteiger partial charge in [0.25, 0.3) is 0 Å². The van der Waals surface area contributed by atoms with Crippen molar-refractivity contribution in [1.82, 2.24) is 0 Å². The summed E-state index contributed by atoms with van der Waals surface area (Å²) in [5, 5.41) is 19.8. The van der Waals surface area contributed by atoms with Crippen molar-refractivity contribution in [2.45, 2.75) is 6.61 Å². The molecule has 9 heteroatoms. The number of carboxylic acid groups (broad SMARTS) is 1. The van der Waals surface area contributed by atoms with Crippen molar-refractivity contribution in [2.75, 3.05) is 0 Å². The lowest BCUT2D eigenvalue weighted by molar-refractivity contribution is -0.386. The average molecular weight is 360 g/mol. The highest BCUT2D eigenvalue weighted by Crippen LogP contribution is 2.33. The lowest BCUT2D eigenvalue weighted by Gasteiger charge is -2.07. The minimum atomic E-state index is -1.22. The third kappa shape index (κ3) is 3.19. The molecule has 0 spiro atoms. The highest BCUT2D eigenvalue weighted by atomic mass is 79.9. The Balaban J connectivity index is 2.27. The third-order valence-electron chi connectivity index (χ3n) is 2.53. The van der Waals surface area contributed by atoms with Gasteiger partial charge in [-0.25, -0.2) is 9.18 Å². The van der Waals surface area contributed by atoms with Gasteiger partial charge in [0.1, 0.15) is 18.0 Å². The van der Waals surface area contributed by atoms with E-state index in [-0.39, 0.29) is 28.2 Å². The Morgan fingerprint density at radius 1 is 1.52 bits per heavy atom. The molecule has 0 amide bonds. The van der Waals surface area contributed by atoms with E-state index in [9.17, 15) is 19.3 Å². The predicted molar refractivity (Wildman–Crippen MR) is 70.8 cm³/mol. The summed E-state index contributed by atoms with van der Waals surface area (Å²) in [5.74, 6) is -2.32. The van der Waals surface area contributed by atoms with Crippen molar-refractivity contribution in [1.29, 1.82) is 0 Å². The molecule has 1 N–H and O–H groups in total. The number of nitro benzene ring substituents is 1. The second-order valence-electron chi connectivity index (χ2n) is 3.84. The molecule has 0 saturated carbocycles. The number of hydrogen-bond acceptors (Lipinski definition) is 5. The molecule has 0 aliphatic carbocycles. The van der Waals surface area contributed by atoms with Gasteiger partial charge in [-0.2, -0.15) is 0 Å². The van der Waals surface area contributed by atoms with Crippen LogP contribution in [0.25, 0.3) is 0 Å². The first-order chi connectivity index (χ1) is 9.90. The van der Waals surface area contributed by atoms with Crippen LogP contribution in [-0.2, 0) is 6.61 Å². The van der Waals surface area contributed by atoms with E-state index in [0.717, 1.165) is 18.4 Å². The molecule has 0 saturated heterocycles. The van der Waals surface area contributed by atoms with Gasteiger partial charge in [0, 0.05) is 12.1 Å². The van der Waals surface area contributed by atoms with Gasteiger partial charge >= 0.3 is 11.7 Å². The molecule has 0 aliphatic heterocycles. The van der Waals surface area contributed by atoms with Crippen LogP contribution in [0.5, 0.6) is 5.75 Å². The maximum Gasteiger partial charge on any atom is 0.339 e. The summed E-state index contributed by atoms with van der Waals surface area (Å²) in [5.41, 5.74) is -0.582. The van der Waals surface area contributed by atoms with Crippen LogP contribution in [0.4, 0.5) is 10.1 Å². The average Bonchev–Trinajstić information content (AvgIpc) is 2.88. The largest absolute Gasteiger partial charge is 0.479 e. The summed E-state index contributed by atoms with van der Waals surface area (Å²) in [4.78, 5) is 21.0. The lowest BCUT2D eigenvalue weighted by atomic mass is 10.2. The molecule has 0 atom stereocenters. The Morgan fingerprint density at radius 2 is 2.24 bits per heavy atom. The van der Waals surface area contributed by atoms with E-state index in [0.29, 0.717) is 0 Å². The number of nitrogens with zero attached hydrogens (tertiary/aromatic N) is 1. The predicted octanol–water partition coefficient (Wildman–Crippen LogP) is 3.37. The molecular formula is C12H7BrFNO6. The first-order valence-electron chi connectivity index (χ1n) is 5.46. The number of aromatic carboxylic acids is 1. The molecule has 7 nitrogen and oxygen atoms in total. The second kappa shape index (κ2) is 5.92. The molecule has 0 aliphatic rings. The Morgan fingerprint density at radius 3 is 2.86 bits per heavy atom. The summed E-state index contributed by atoms with van der Waals surface area (Å²) >= 11 is 2.84. The van der Waals surface area contributed by atoms with Crippen molar-refractivity contribution in [3.8, 4) is 5.75 Å². The fourth-order valence-electron chi connectivity index (χ4n) is 1.56. The fraction of sp³-hybridized carbons (Fsp3) is 0.0833. The number of halogens is 2. The molecular weight excluding hydrogens is 353 g/mol. The zero-order chi connectivity index (χ0) is 15.6. The summed E-state index contributed by atoms with van der Waals surface area (Å²) < 4.78 is 23.4. The van der Waals surface area contributed by atoms with Crippen LogP contribution in [0.15, 0.2) is 33.4 Å². The number of ether oxygens (including phenoxy) is 1. The van der Waals surface area contributed by atoms with Crippen molar-refractivity contribution >= 4 is 27.6 Å². The Labute approximate surface area is 125 Å². The highest BCUT2D eigenvalue weighted by molar-refractivity contribution is 9.10. The van der Waals surface area contributed by atoms with Gasteiger partial charge in [-0.1, -0.05) is 0 Å². The number of nitro groups is 1. The third-order valence-corrected chi connectivity index (χ3v) is 3.14. The molecule has 1 heterocycles. The van der Waals surface area contributed by atoms with Crippen LogP contribution >= 0.6 is 15.9 Å². The van der Waals surface area contributed by atoms with E-state index < -0.39 is 22.4 Å². The van der Waals surface area contributed by atoms with Gasteiger partial charge in [0.05, 0.1) is 15.7 Å². The van der Waals surface area contributed by atoms with Crippen molar-refractivity contribution in [3.05, 3.63) is 56.2 Å². The monoisotopic (exact) mass is 359 g/mol. The SMILES string of the molecule is O=C(O)c1ccoc1COc1cc(F)c(Br)cc1[N+](=O)[O-]. The van der Waals surface area contributed by atoms with Crippen LogP contribution in [0, 0.1) is 15.9 Å². The van der Waals surface area contributed by atoms with Crippen LogP contribution in [0.3, 0.4) is 0 Å². The Bertz CT molecular complexity index is 714. The topological polar surface area (TPSA) is 103 Å². The molecule has 0 unspecified atom stereocenters. The number of hydrogen-bond donors (Lipinski definition) is 1. The van der Waals surface area contributed by atoms with Crippen molar-refractivity contribution in [3.63, 3.8) is 0 Å². The fourth-order valence-corrected chi connectivity index (χ4v) is 1.89. The Kier molecular flexibility index (Phi) is 4.22. The maximum absolute atomic E-state index is 13.4. The van der Waals surface area contributed by atoms with Gasteiger partial charge in [-0.3, -0.25) is 10.1 Å². The quantitative estimate of drug-likeness (QED) is 0.648. The van der Waals surface area contributed by atoms with Gasteiger partial charge in [0.2, 0.25) is 5.75 Å². The highest BCUT2D eigenvalue weighted by Gasteiger charge is 2.21. The van der Waals surface area contributed by atoms with E-state index in [4.69, 9.17) is 14.3 Å². The van der Waals surface area contributed by atoms with E-state index in [1.54, 1.807) is 0 Å². The van der Waals surface area contributed by atoms with E-state index in [1.165, 1.54) is 6.07 Å². The zero-order valence-corrected chi connectivity index (χ0v) is 11.8. The summed E-state index contributed by atoms with van der Waals surface area (Å²) in [7, 11) is 0. The number of rotatable bonds is 5. The van der Waals surface area contributed by atoms with Crippen molar-refractivity contribution < 1.29 is 28.4 Å². The molecule has 0 bridgehead atoms. The van der Waals surface area contributed by atoms with Crippen LogP contribution in [0.2, 0.25) is 0 Å². The number of benzene rings is 1. The van der Waals surface area contributed by atoms with Crippen LogP contribution in [0.1, 0.15) is 16.1 Å². The van der Waals surface area contributed by atoms with Gasteiger partial charge in [-0.15, -0.1) is 0 Å². The number of carboxylic acids is 1. The summed E-state index contributed by atoms with van der Waals surface area (Å²) in [6, 6.07) is 3.02. The van der Waals surface area contributed by atoms with E-state index >= 15 is 0 Å². The number of furan rings is 1. The minimum absolute atomic E-state index is 0.0277. The van der Waals surface area contributed by atoms with Gasteiger partial charge < -0.3 is 14.3 Å². The first kappa shape index (κ1) is 15.0. The smallest absolute Gasteiger partial charge is 0.339 e. The van der Waals surface area contributed by atoms with Gasteiger partial charge in [0.15, 0.2) is 5.76 Å². The van der Waals surface area contributed by atoms with Crippen LogP contribution in [-0.4, -0.2) is 16.0 Å². The van der Waals surface area contributed by atoms with E-state index in [1.807, 2.05) is 0 Å². The molecule has 21 heavy (non-hydrogen) atoms. The van der Waals surface area contributed by atoms with E-state index in [2.05, 4.69) is 15.9 Å². The molecule has 0 radical (unpaired) electrons. The number of carbonyl (C=O) groups is 1. The second-order valence-corrected chi connectivity index (χ2v) is 4.70. The standard InChI is InChI=1S/C12H7BrFNO6/c13-7-3-9(15(18)19)10(4-8(7)14)21-5-11-6(12(16)17)1-2-20-11/h1-4H,5H2,(H,16,17). The minimum Gasteiger partial charge on any atom is -0.479 e. The molecule has 2 rings (SSSR count).